The lowest BCUT2D eigenvalue weighted by Gasteiger charge is -2.22. The lowest BCUT2D eigenvalue weighted by Crippen LogP contribution is -2.18. The van der Waals surface area contributed by atoms with Gasteiger partial charge in [-0.1, -0.05) is 36.4 Å². The van der Waals surface area contributed by atoms with Crippen molar-refractivity contribution in [1.82, 2.24) is 0 Å². The topological polar surface area (TPSA) is 77.0 Å². The summed E-state index contributed by atoms with van der Waals surface area (Å²) in [5.74, 6) is 0.330. The molecule has 0 aliphatic carbocycles. The maximum atomic E-state index is 11.5. The van der Waals surface area contributed by atoms with E-state index in [-0.39, 0.29) is 5.57 Å². The van der Waals surface area contributed by atoms with Gasteiger partial charge in [-0.25, -0.2) is 4.79 Å². The maximum Gasteiger partial charge on any atom is 0.333 e. The van der Waals surface area contributed by atoms with Crippen LogP contribution in [0.2, 0.25) is 0 Å². The van der Waals surface area contributed by atoms with Crippen LogP contribution in [0, 0.1) is 6.92 Å². The molecule has 0 saturated heterocycles. The molecule has 0 amide bonds. The normalized spacial score (nSPS) is 11.4. The van der Waals surface area contributed by atoms with Crippen molar-refractivity contribution >= 4 is 11.7 Å². The van der Waals surface area contributed by atoms with Gasteiger partial charge in [0.2, 0.25) is 5.75 Å². The number of carboxylic acid groups (broad SMARTS) is 1. The molecule has 0 bridgehead atoms. The first-order chi connectivity index (χ1) is 12.4. The molecule has 0 heterocycles. The maximum absolute atomic E-state index is 11.5. The minimum Gasteiger partial charge on any atom is -0.493 e. The van der Waals surface area contributed by atoms with E-state index >= 15 is 0 Å². The smallest absolute Gasteiger partial charge is 0.333 e. The second-order valence-electron chi connectivity index (χ2n) is 5.73. The predicted molar refractivity (Wildman–Crippen MR) is 100 cm³/mol. The van der Waals surface area contributed by atoms with Gasteiger partial charge in [0.1, 0.15) is 0 Å². The van der Waals surface area contributed by atoms with Gasteiger partial charge in [-0.05, 0) is 12.5 Å². The lowest BCUT2D eigenvalue weighted by molar-refractivity contribution is -0.132. The third-order valence-electron chi connectivity index (χ3n) is 4.01. The predicted octanol–water partition coefficient (Wildman–Crippen LogP) is 3.81. The van der Waals surface area contributed by atoms with Crippen LogP contribution in [0.25, 0.3) is 0 Å². The van der Waals surface area contributed by atoms with Crippen molar-refractivity contribution in [1.29, 1.82) is 0 Å². The summed E-state index contributed by atoms with van der Waals surface area (Å²) in [6.07, 6.45) is 0. The van der Waals surface area contributed by atoms with E-state index in [2.05, 4.69) is 11.9 Å². The number of methoxy groups -OCH3 is 3. The van der Waals surface area contributed by atoms with E-state index in [0.717, 1.165) is 11.1 Å². The molecule has 6 heteroatoms. The quantitative estimate of drug-likeness (QED) is 0.700. The fourth-order valence-corrected chi connectivity index (χ4v) is 2.59. The van der Waals surface area contributed by atoms with Gasteiger partial charge >= 0.3 is 5.97 Å². The molecule has 0 spiro atoms. The fraction of sp³-hybridized carbons (Fsp3) is 0.250. The molecule has 0 aliphatic heterocycles. The van der Waals surface area contributed by atoms with Crippen LogP contribution in [0.15, 0.2) is 48.6 Å². The monoisotopic (exact) mass is 357 g/mol. The third kappa shape index (κ3) is 4.08. The average Bonchev–Trinajstić information content (AvgIpc) is 2.65. The summed E-state index contributed by atoms with van der Waals surface area (Å²) in [6, 6.07) is 10.4. The number of nitrogens with one attached hydrogen (secondary N) is 1. The number of anilines is 1. The molecule has 2 aromatic rings. The van der Waals surface area contributed by atoms with Crippen LogP contribution in [0.1, 0.15) is 17.2 Å². The number of carbonyl (C=O) groups is 1. The van der Waals surface area contributed by atoms with Gasteiger partial charge in [-0.3, -0.25) is 0 Å². The van der Waals surface area contributed by atoms with E-state index in [1.165, 1.54) is 21.3 Å². The summed E-state index contributed by atoms with van der Waals surface area (Å²) in [7, 11) is 4.57. The number of aliphatic carboxylic acids is 1. The third-order valence-corrected chi connectivity index (χ3v) is 4.01. The van der Waals surface area contributed by atoms with Gasteiger partial charge in [-0.15, -0.1) is 0 Å². The second kappa shape index (κ2) is 8.29. The van der Waals surface area contributed by atoms with Gasteiger partial charge in [0.15, 0.2) is 11.5 Å². The first kappa shape index (κ1) is 19.2. The Hall–Kier alpha value is -3.15. The highest BCUT2D eigenvalue weighted by Gasteiger charge is 2.22. The Bertz CT molecular complexity index is 773. The van der Waals surface area contributed by atoms with Gasteiger partial charge in [-0.2, -0.15) is 0 Å². The molecule has 0 aromatic heterocycles. The molecule has 6 nitrogen and oxygen atoms in total. The lowest BCUT2D eigenvalue weighted by atomic mass is 9.98. The van der Waals surface area contributed by atoms with Crippen LogP contribution in [0.3, 0.4) is 0 Å². The molecular weight excluding hydrogens is 334 g/mol. The molecule has 1 unspecified atom stereocenters. The SMILES string of the molecule is C=C(C(=O)O)C(Nc1cc(OC)c(OC)c(OC)c1)c1ccc(C)cc1. The van der Waals surface area contributed by atoms with E-state index in [9.17, 15) is 9.90 Å². The number of ether oxygens (including phenoxy) is 3. The molecule has 2 N–H and O–H groups in total. The Balaban J connectivity index is 2.46. The van der Waals surface area contributed by atoms with Crippen molar-refractivity contribution in [2.45, 2.75) is 13.0 Å². The van der Waals surface area contributed by atoms with Crippen molar-refractivity contribution in [2.24, 2.45) is 0 Å². The summed E-state index contributed by atoms with van der Waals surface area (Å²) in [5.41, 5.74) is 2.52. The standard InChI is InChI=1S/C20H23NO5/c1-12-6-8-14(9-7-12)18(13(2)20(22)23)21-15-10-16(24-3)19(26-5)17(11-15)25-4/h6-11,18,21H,2H2,1,3-5H3,(H,22,23). The zero-order valence-corrected chi connectivity index (χ0v) is 15.3. The molecule has 2 rings (SSSR count). The fourth-order valence-electron chi connectivity index (χ4n) is 2.59. The molecule has 2 aromatic carbocycles. The van der Waals surface area contributed by atoms with Gasteiger partial charge in [0.05, 0.1) is 32.9 Å². The first-order valence-corrected chi connectivity index (χ1v) is 7.96. The van der Waals surface area contributed by atoms with Crippen LogP contribution < -0.4 is 19.5 Å². The number of carboxylic acids is 1. The Morgan fingerprint density at radius 2 is 1.58 bits per heavy atom. The van der Waals surface area contributed by atoms with Crippen LogP contribution in [0.4, 0.5) is 5.69 Å². The number of benzene rings is 2. The van der Waals surface area contributed by atoms with Crippen molar-refractivity contribution in [2.75, 3.05) is 26.6 Å². The summed E-state index contributed by atoms with van der Waals surface area (Å²) in [5, 5.41) is 12.6. The Morgan fingerprint density at radius 1 is 1.04 bits per heavy atom. The van der Waals surface area contributed by atoms with E-state index in [1.807, 2.05) is 31.2 Å². The van der Waals surface area contributed by atoms with Crippen molar-refractivity contribution in [3.05, 3.63) is 59.7 Å². The van der Waals surface area contributed by atoms with Crippen LogP contribution in [0.5, 0.6) is 17.2 Å². The van der Waals surface area contributed by atoms with Crippen molar-refractivity contribution in [3.63, 3.8) is 0 Å². The number of hydrogen-bond donors (Lipinski definition) is 2. The molecule has 0 saturated carbocycles. The van der Waals surface area contributed by atoms with Crippen LogP contribution in [-0.4, -0.2) is 32.4 Å². The Labute approximate surface area is 153 Å². The Morgan fingerprint density at radius 3 is 2.00 bits per heavy atom. The van der Waals surface area contributed by atoms with Crippen LogP contribution >= 0.6 is 0 Å². The van der Waals surface area contributed by atoms with Crippen molar-refractivity contribution < 1.29 is 24.1 Å². The summed E-state index contributed by atoms with van der Waals surface area (Å²) < 4.78 is 16.0. The Kier molecular flexibility index (Phi) is 6.11. The first-order valence-electron chi connectivity index (χ1n) is 7.96. The highest BCUT2D eigenvalue weighted by molar-refractivity contribution is 5.88. The molecule has 0 aliphatic rings. The second-order valence-corrected chi connectivity index (χ2v) is 5.73. The number of hydrogen-bond acceptors (Lipinski definition) is 5. The number of rotatable bonds is 8. The van der Waals surface area contributed by atoms with E-state index in [4.69, 9.17) is 14.2 Å². The minimum absolute atomic E-state index is 0.0302. The van der Waals surface area contributed by atoms with E-state index in [1.54, 1.807) is 12.1 Å². The largest absolute Gasteiger partial charge is 0.493 e. The van der Waals surface area contributed by atoms with Gasteiger partial charge < -0.3 is 24.6 Å². The zero-order chi connectivity index (χ0) is 19.3. The average molecular weight is 357 g/mol. The summed E-state index contributed by atoms with van der Waals surface area (Å²) in [6.45, 7) is 5.69. The number of aryl methyl sites for hydroxylation is 1. The molecule has 138 valence electrons. The molecule has 0 fully saturated rings. The highest BCUT2D eigenvalue weighted by Crippen LogP contribution is 2.41. The summed E-state index contributed by atoms with van der Waals surface area (Å²) in [4.78, 5) is 11.5. The van der Waals surface area contributed by atoms with E-state index < -0.39 is 12.0 Å². The van der Waals surface area contributed by atoms with Gasteiger partial charge in [0.25, 0.3) is 0 Å². The molecule has 0 radical (unpaired) electrons. The molecular formula is C20H23NO5. The van der Waals surface area contributed by atoms with Crippen molar-refractivity contribution in [3.8, 4) is 17.2 Å². The zero-order valence-electron chi connectivity index (χ0n) is 15.3. The summed E-state index contributed by atoms with van der Waals surface area (Å²) >= 11 is 0. The molecule has 1 atom stereocenters. The van der Waals surface area contributed by atoms with Gasteiger partial charge in [0, 0.05) is 17.8 Å². The minimum atomic E-state index is -1.07. The van der Waals surface area contributed by atoms with Crippen LogP contribution in [-0.2, 0) is 4.79 Å². The molecule has 26 heavy (non-hydrogen) atoms. The van der Waals surface area contributed by atoms with E-state index in [0.29, 0.717) is 22.9 Å². The highest BCUT2D eigenvalue weighted by atomic mass is 16.5.